The molecule has 0 aliphatic heterocycles. The van der Waals surface area contributed by atoms with Crippen LogP contribution in [0.5, 0.6) is 0 Å². The highest BCUT2D eigenvalue weighted by Gasteiger charge is 2.42. The van der Waals surface area contributed by atoms with E-state index >= 15 is 0 Å². The van der Waals surface area contributed by atoms with Crippen molar-refractivity contribution in [3.05, 3.63) is 12.7 Å². The first-order valence-corrected chi connectivity index (χ1v) is 5.20. The summed E-state index contributed by atoms with van der Waals surface area (Å²) in [5.74, 6) is 0. The monoisotopic (exact) mass is 183 g/mol. The molecule has 1 saturated carbocycles. The molecular weight excluding hydrogens is 162 g/mol. The fraction of sp³-hybridized carbons (Fsp3) is 0.818. The van der Waals surface area contributed by atoms with Gasteiger partial charge < -0.3 is 10.1 Å². The Hall–Kier alpha value is -0.340. The number of rotatable bonds is 6. The number of hydrogen-bond acceptors (Lipinski definition) is 2. The molecule has 1 fully saturated rings. The van der Waals surface area contributed by atoms with E-state index in [0.717, 1.165) is 25.8 Å². The Balaban J connectivity index is 2.47. The van der Waals surface area contributed by atoms with Gasteiger partial charge in [-0.05, 0) is 32.2 Å². The van der Waals surface area contributed by atoms with E-state index in [-0.39, 0.29) is 5.60 Å². The molecule has 0 heterocycles. The van der Waals surface area contributed by atoms with Gasteiger partial charge in [0.15, 0.2) is 0 Å². The van der Waals surface area contributed by atoms with Gasteiger partial charge >= 0.3 is 0 Å². The predicted molar refractivity (Wildman–Crippen MR) is 55.9 cm³/mol. The number of methoxy groups -OCH3 is 1. The lowest BCUT2D eigenvalue weighted by Crippen LogP contribution is -2.55. The summed E-state index contributed by atoms with van der Waals surface area (Å²) >= 11 is 0. The third kappa shape index (κ3) is 2.12. The highest BCUT2D eigenvalue weighted by atomic mass is 16.5. The van der Waals surface area contributed by atoms with Crippen LogP contribution < -0.4 is 5.32 Å². The highest BCUT2D eigenvalue weighted by Crippen LogP contribution is 2.38. The van der Waals surface area contributed by atoms with Crippen LogP contribution >= 0.6 is 0 Å². The van der Waals surface area contributed by atoms with Gasteiger partial charge in [0.05, 0.1) is 11.6 Å². The molecule has 2 heteroatoms. The van der Waals surface area contributed by atoms with Gasteiger partial charge in [0, 0.05) is 7.11 Å². The second-order valence-corrected chi connectivity index (χ2v) is 3.79. The smallest absolute Gasteiger partial charge is 0.0866 e. The summed E-state index contributed by atoms with van der Waals surface area (Å²) in [5.41, 5.74) is 0.0525. The molecule has 0 spiro atoms. The molecule has 13 heavy (non-hydrogen) atoms. The lowest BCUT2D eigenvalue weighted by molar-refractivity contribution is -0.0872. The molecule has 0 bridgehead atoms. The van der Waals surface area contributed by atoms with E-state index in [9.17, 15) is 0 Å². The Morgan fingerprint density at radius 3 is 2.62 bits per heavy atom. The summed E-state index contributed by atoms with van der Waals surface area (Å²) in [7, 11) is 1.81. The average molecular weight is 183 g/mol. The maximum Gasteiger partial charge on any atom is 0.0866 e. The largest absolute Gasteiger partial charge is 0.376 e. The van der Waals surface area contributed by atoms with Crippen LogP contribution in [0.4, 0.5) is 0 Å². The third-order valence-electron chi connectivity index (χ3n) is 3.02. The van der Waals surface area contributed by atoms with Crippen molar-refractivity contribution in [2.24, 2.45) is 0 Å². The molecule has 0 aromatic carbocycles. The van der Waals surface area contributed by atoms with Crippen molar-refractivity contribution in [1.82, 2.24) is 5.32 Å². The molecule has 0 amide bonds. The van der Waals surface area contributed by atoms with Crippen LogP contribution in [0, 0.1) is 0 Å². The molecule has 1 aliphatic carbocycles. The van der Waals surface area contributed by atoms with Crippen molar-refractivity contribution in [3.63, 3.8) is 0 Å². The van der Waals surface area contributed by atoms with Crippen molar-refractivity contribution < 1.29 is 4.74 Å². The van der Waals surface area contributed by atoms with Gasteiger partial charge in [-0.3, -0.25) is 0 Å². The van der Waals surface area contributed by atoms with Crippen LogP contribution in [0.1, 0.15) is 32.6 Å². The second-order valence-electron chi connectivity index (χ2n) is 3.79. The highest BCUT2D eigenvalue weighted by molar-refractivity contribution is 5.07. The van der Waals surface area contributed by atoms with Gasteiger partial charge in [0.1, 0.15) is 0 Å². The van der Waals surface area contributed by atoms with Crippen molar-refractivity contribution >= 4 is 0 Å². The Morgan fingerprint density at radius 1 is 1.62 bits per heavy atom. The first-order chi connectivity index (χ1) is 6.29. The fourth-order valence-corrected chi connectivity index (χ4v) is 1.95. The Labute approximate surface area is 81.4 Å². The minimum Gasteiger partial charge on any atom is -0.376 e. The first kappa shape index (κ1) is 10.7. The fourth-order valence-electron chi connectivity index (χ4n) is 1.95. The van der Waals surface area contributed by atoms with Crippen LogP contribution in [0.15, 0.2) is 12.7 Å². The van der Waals surface area contributed by atoms with Gasteiger partial charge in [-0.2, -0.15) is 0 Å². The standard InChI is InChI=1S/C11H21NO/c1-4-9-12-10(5-2)11(13-3)7-6-8-11/h5,10,12H,2,4,6-9H2,1,3H3. The van der Waals surface area contributed by atoms with E-state index in [1.54, 1.807) is 0 Å². The van der Waals surface area contributed by atoms with Gasteiger partial charge in [-0.15, -0.1) is 6.58 Å². The summed E-state index contributed by atoms with van der Waals surface area (Å²) in [6.07, 6.45) is 6.75. The molecule has 1 N–H and O–H groups in total. The van der Waals surface area contributed by atoms with E-state index in [1.165, 1.54) is 6.42 Å². The minimum atomic E-state index is 0.0525. The lowest BCUT2D eigenvalue weighted by Gasteiger charge is -2.45. The molecule has 1 unspecified atom stereocenters. The molecule has 0 radical (unpaired) electrons. The number of ether oxygens (including phenoxy) is 1. The molecule has 0 aromatic heterocycles. The molecule has 1 aliphatic rings. The number of nitrogens with one attached hydrogen (secondary N) is 1. The van der Waals surface area contributed by atoms with Crippen LogP contribution in [-0.2, 0) is 4.74 Å². The Kier molecular flexibility index (Phi) is 3.94. The Morgan fingerprint density at radius 2 is 2.31 bits per heavy atom. The van der Waals surface area contributed by atoms with Crippen LogP contribution in [-0.4, -0.2) is 25.3 Å². The van der Waals surface area contributed by atoms with E-state index in [4.69, 9.17) is 4.74 Å². The first-order valence-electron chi connectivity index (χ1n) is 5.20. The van der Waals surface area contributed by atoms with Crippen molar-refractivity contribution in [3.8, 4) is 0 Å². The van der Waals surface area contributed by atoms with Crippen molar-refractivity contribution in [2.75, 3.05) is 13.7 Å². The molecule has 0 aromatic rings. The molecule has 0 saturated heterocycles. The predicted octanol–water partition coefficient (Wildman–Crippen LogP) is 2.11. The number of hydrogen-bond donors (Lipinski definition) is 1. The average Bonchev–Trinajstić information content (AvgIpc) is 2.09. The topological polar surface area (TPSA) is 21.3 Å². The second kappa shape index (κ2) is 4.77. The maximum atomic E-state index is 5.59. The van der Waals surface area contributed by atoms with Crippen molar-refractivity contribution in [2.45, 2.75) is 44.2 Å². The molecule has 1 rings (SSSR count). The summed E-state index contributed by atoms with van der Waals surface area (Å²) < 4.78 is 5.59. The van der Waals surface area contributed by atoms with E-state index in [1.807, 2.05) is 13.2 Å². The third-order valence-corrected chi connectivity index (χ3v) is 3.02. The summed E-state index contributed by atoms with van der Waals surface area (Å²) in [6, 6.07) is 0.325. The lowest BCUT2D eigenvalue weighted by atomic mass is 9.74. The molecular formula is C11H21NO. The van der Waals surface area contributed by atoms with Crippen LogP contribution in [0.25, 0.3) is 0 Å². The molecule has 1 atom stereocenters. The van der Waals surface area contributed by atoms with Crippen molar-refractivity contribution in [1.29, 1.82) is 0 Å². The van der Waals surface area contributed by atoms with E-state index < -0.39 is 0 Å². The summed E-state index contributed by atoms with van der Waals surface area (Å²) in [5, 5.41) is 3.47. The zero-order chi connectivity index (χ0) is 9.73. The van der Waals surface area contributed by atoms with Crippen LogP contribution in [0.2, 0.25) is 0 Å². The molecule has 2 nitrogen and oxygen atoms in total. The SMILES string of the molecule is C=CC(NCCC)C1(OC)CCC1. The zero-order valence-corrected chi connectivity index (χ0v) is 8.81. The van der Waals surface area contributed by atoms with Gasteiger partial charge in [-0.1, -0.05) is 13.0 Å². The molecule has 76 valence electrons. The quantitative estimate of drug-likeness (QED) is 0.637. The van der Waals surface area contributed by atoms with Gasteiger partial charge in [0.2, 0.25) is 0 Å². The van der Waals surface area contributed by atoms with Gasteiger partial charge in [-0.25, -0.2) is 0 Å². The zero-order valence-electron chi connectivity index (χ0n) is 8.81. The maximum absolute atomic E-state index is 5.59. The minimum absolute atomic E-state index is 0.0525. The summed E-state index contributed by atoms with van der Waals surface area (Å²) in [6.45, 7) is 7.08. The summed E-state index contributed by atoms with van der Waals surface area (Å²) in [4.78, 5) is 0. The Bertz CT molecular complexity index is 158. The van der Waals surface area contributed by atoms with E-state index in [2.05, 4.69) is 18.8 Å². The van der Waals surface area contributed by atoms with Gasteiger partial charge in [0.25, 0.3) is 0 Å². The van der Waals surface area contributed by atoms with E-state index in [0.29, 0.717) is 6.04 Å². The normalized spacial score (nSPS) is 22.0. The van der Waals surface area contributed by atoms with Crippen LogP contribution in [0.3, 0.4) is 0 Å².